The molecule has 4 nitrogen and oxygen atoms in total. The minimum atomic E-state index is -0.519. The topological polar surface area (TPSA) is 46.6 Å². The van der Waals surface area contributed by atoms with E-state index in [1.165, 1.54) is 24.0 Å². The van der Waals surface area contributed by atoms with Gasteiger partial charge in [0.1, 0.15) is 11.6 Å². The van der Waals surface area contributed by atoms with E-state index >= 15 is 0 Å². The molecule has 0 spiro atoms. The average molecular weight is 400 g/mol. The van der Waals surface area contributed by atoms with Crippen molar-refractivity contribution >= 4 is 39.0 Å². The Balaban J connectivity index is 1.97. The summed E-state index contributed by atoms with van der Waals surface area (Å²) in [6.07, 6.45) is 0. The molecule has 122 valence electrons. The van der Waals surface area contributed by atoms with Gasteiger partial charge < -0.3 is 9.64 Å². The molecule has 0 fully saturated rings. The van der Waals surface area contributed by atoms with E-state index < -0.39 is 5.82 Å². The number of halogens is 2. The fourth-order valence-electron chi connectivity index (χ4n) is 1.91. The van der Waals surface area contributed by atoms with Gasteiger partial charge in [0.25, 0.3) is 5.91 Å². The van der Waals surface area contributed by atoms with Gasteiger partial charge in [0.15, 0.2) is 12.4 Å². The van der Waals surface area contributed by atoms with E-state index in [0.717, 1.165) is 15.4 Å². The summed E-state index contributed by atoms with van der Waals surface area (Å²) in [6, 6.07) is 5.60. The van der Waals surface area contributed by atoms with Crippen LogP contribution in [0, 0.1) is 5.82 Å². The van der Waals surface area contributed by atoms with Crippen LogP contribution in [0.1, 0.15) is 22.2 Å². The number of carbonyl (C=O) groups is 2. The SMILES string of the molecule is CC(=O)c1cc(F)ccc1OCC(=O)N(C)Cc1cc(Br)cs1. The third kappa shape index (κ3) is 4.87. The molecule has 0 aliphatic carbocycles. The number of hydrogen-bond acceptors (Lipinski definition) is 4. The van der Waals surface area contributed by atoms with Crippen LogP contribution in [-0.4, -0.2) is 30.2 Å². The smallest absolute Gasteiger partial charge is 0.260 e. The molecule has 1 aromatic carbocycles. The predicted molar refractivity (Wildman–Crippen MR) is 90.4 cm³/mol. The molecule has 1 aromatic heterocycles. The second kappa shape index (κ2) is 7.70. The Bertz CT molecular complexity index is 732. The molecule has 0 bridgehead atoms. The van der Waals surface area contributed by atoms with Crippen LogP contribution in [0.15, 0.2) is 34.1 Å². The summed E-state index contributed by atoms with van der Waals surface area (Å²) in [4.78, 5) is 26.2. The van der Waals surface area contributed by atoms with Crippen LogP contribution in [0.2, 0.25) is 0 Å². The molecule has 1 amide bonds. The average Bonchev–Trinajstić information content (AvgIpc) is 2.90. The summed E-state index contributed by atoms with van der Waals surface area (Å²) in [7, 11) is 1.68. The first-order chi connectivity index (χ1) is 10.9. The fourth-order valence-corrected chi connectivity index (χ4v) is 3.41. The molecular formula is C16H15BrFNO3S. The summed E-state index contributed by atoms with van der Waals surface area (Å²) in [5, 5.41) is 1.95. The summed E-state index contributed by atoms with van der Waals surface area (Å²) in [5.41, 5.74) is 0.127. The Morgan fingerprint density at radius 1 is 1.35 bits per heavy atom. The van der Waals surface area contributed by atoms with Crippen molar-refractivity contribution in [3.63, 3.8) is 0 Å². The van der Waals surface area contributed by atoms with E-state index in [-0.39, 0.29) is 29.6 Å². The van der Waals surface area contributed by atoms with E-state index in [2.05, 4.69) is 15.9 Å². The van der Waals surface area contributed by atoms with Crippen molar-refractivity contribution in [3.05, 3.63) is 50.4 Å². The molecule has 2 rings (SSSR count). The minimum absolute atomic E-state index is 0.127. The lowest BCUT2D eigenvalue weighted by atomic mass is 10.1. The number of likely N-dealkylation sites (N-methyl/N-ethyl adjacent to an activating group) is 1. The summed E-state index contributed by atoms with van der Waals surface area (Å²) in [6.45, 7) is 1.58. The van der Waals surface area contributed by atoms with E-state index in [1.807, 2.05) is 11.4 Å². The van der Waals surface area contributed by atoms with Crippen molar-refractivity contribution in [2.24, 2.45) is 0 Å². The highest BCUT2D eigenvalue weighted by atomic mass is 79.9. The van der Waals surface area contributed by atoms with Gasteiger partial charge in [0.05, 0.1) is 12.1 Å². The second-order valence-corrected chi connectivity index (χ2v) is 6.88. The molecule has 0 saturated carbocycles. The van der Waals surface area contributed by atoms with Gasteiger partial charge in [-0.2, -0.15) is 0 Å². The van der Waals surface area contributed by atoms with Crippen LogP contribution >= 0.6 is 27.3 Å². The van der Waals surface area contributed by atoms with Crippen LogP contribution in [-0.2, 0) is 11.3 Å². The molecule has 0 aliphatic rings. The zero-order valence-electron chi connectivity index (χ0n) is 12.6. The zero-order valence-corrected chi connectivity index (χ0v) is 15.0. The first kappa shape index (κ1) is 17.6. The molecule has 0 N–H and O–H groups in total. The van der Waals surface area contributed by atoms with E-state index in [4.69, 9.17) is 4.74 Å². The normalized spacial score (nSPS) is 10.4. The predicted octanol–water partition coefficient (Wildman–Crippen LogP) is 3.89. The molecule has 0 unspecified atom stereocenters. The number of ether oxygens (including phenoxy) is 1. The van der Waals surface area contributed by atoms with Gasteiger partial charge in [-0.05, 0) is 47.1 Å². The molecule has 1 heterocycles. The Labute approximate surface area is 146 Å². The van der Waals surface area contributed by atoms with Gasteiger partial charge in [0.2, 0.25) is 0 Å². The molecular weight excluding hydrogens is 385 g/mol. The monoisotopic (exact) mass is 399 g/mol. The molecule has 0 radical (unpaired) electrons. The standard InChI is InChI=1S/C16H15BrFNO3S/c1-10(20)14-6-12(18)3-4-15(14)22-8-16(21)19(2)7-13-5-11(17)9-23-13/h3-6,9H,7-8H2,1-2H3. The lowest BCUT2D eigenvalue weighted by Gasteiger charge is -2.17. The first-order valence-electron chi connectivity index (χ1n) is 6.77. The van der Waals surface area contributed by atoms with Crippen molar-refractivity contribution in [1.29, 1.82) is 0 Å². The van der Waals surface area contributed by atoms with Gasteiger partial charge in [-0.15, -0.1) is 11.3 Å². The number of hydrogen-bond donors (Lipinski definition) is 0. The maximum Gasteiger partial charge on any atom is 0.260 e. The van der Waals surface area contributed by atoms with Crippen LogP contribution in [0.5, 0.6) is 5.75 Å². The first-order valence-corrected chi connectivity index (χ1v) is 8.44. The molecule has 0 atom stereocenters. The third-order valence-electron chi connectivity index (χ3n) is 3.11. The van der Waals surface area contributed by atoms with Gasteiger partial charge in [-0.3, -0.25) is 9.59 Å². The number of rotatable bonds is 6. The van der Waals surface area contributed by atoms with E-state index in [1.54, 1.807) is 18.4 Å². The molecule has 23 heavy (non-hydrogen) atoms. The number of carbonyl (C=O) groups excluding carboxylic acids is 2. The van der Waals surface area contributed by atoms with Gasteiger partial charge >= 0.3 is 0 Å². The fraction of sp³-hybridized carbons (Fsp3) is 0.250. The summed E-state index contributed by atoms with van der Waals surface area (Å²) in [5.74, 6) is -0.856. The highest BCUT2D eigenvalue weighted by Gasteiger charge is 2.14. The van der Waals surface area contributed by atoms with Crippen LogP contribution in [0.3, 0.4) is 0 Å². The Hall–Kier alpha value is -1.73. The van der Waals surface area contributed by atoms with Crippen LogP contribution in [0.4, 0.5) is 4.39 Å². The largest absolute Gasteiger partial charge is 0.483 e. The summed E-state index contributed by atoms with van der Waals surface area (Å²) >= 11 is 4.92. The number of Topliss-reactive ketones (excluding diaryl/α,β-unsaturated/α-hetero) is 1. The Kier molecular flexibility index (Phi) is 5.90. The van der Waals surface area contributed by atoms with Gasteiger partial charge in [-0.25, -0.2) is 4.39 Å². The number of benzene rings is 1. The molecule has 0 saturated heterocycles. The number of nitrogens with zero attached hydrogens (tertiary/aromatic N) is 1. The maximum absolute atomic E-state index is 13.2. The van der Waals surface area contributed by atoms with Crippen molar-refractivity contribution in [2.45, 2.75) is 13.5 Å². The number of ketones is 1. The van der Waals surface area contributed by atoms with Crippen molar-refractivity contribution in [1.82, 2.24) is 4.90 Å². The highest BCUT2D eigenvalue weighted by Crippen LogP contribution is 2.22. The number of amides is 1. The number of thiophene rings is 1. The highest BCUT2D eigenvalue weighted by molar-refractivity contribution is 9.10. The van der Waals surface area contributed by atoms with E-state index in [0.29, 0.717) is 6.54 Å². The van der Waals surface area contributed by atoms with Crippen molar-refractivity contribution in [3.8, 4) is 5.75 Å². The molecule has 7 heteroatoms. The second-order valence-electron chi connectivity index (χ2n) is 4.97. The zero-order chi connectivity index (χ0) is 17.0. The Morgan fingerprint density at radius 3 is 2.70 bits per heavy atom. The molecule has 2 aromatic rings. The lowest BCUT2D eigenvalue weighted by Crippen LogP contribution is -2.30. The maximum atomic E-state index is 13.2. The quantitative estimate of drug-likeness (QED) is 0.692. The van der Waals surface area contributed by atoms with Crippen molar-refractivity contribution in [2.75, 3.05) is 13.7 Å². The van der Waals surface area contributed by atoms with Crippen molar-refractivity contribution < 1.29 is 18.7 Å². The van der Waals surface area contributed by atoms with Gasteiger partial charge in [0, 0.05) is 21.8 Å². The molecule has 0 aliphatic heterocycles. The third-order valence-corrected chi connectivity index (χ3v) is 4.79. The van der Waals surface area contributed by atoms with Crippen LogP contribution < -0.4 is 4.74 Å². The lowest BCUT2D eigenvalue weighted by molar-refractivity contribution is -0.132. The van der Waals surface area contributed by atoms with E-state index in [9.17, 15) is 14.0 Å². The van der Waals surface area contributed by atoms with Gasteiger partial charge in [-0.1, -0.05) is 0 Å². The minimum Gasteiger partial charge on any atom is -0.483 e. The van der Waals surface area contributed by atoms with Crippen LogP contribution in [0.25, 0.3) is 0 Å². The Morgan fingerprint density at radius 2 is 2.09 bits per heavy atom. The summed E-state index contributed by atoms with van der Waals surface area (Å²) < 4.78 is 19.6.